The Balaban J connectivity index is 0.00000133. The van der Waals surface area contributed by atoms with Crippen molar-refractivity contribution >= 4 is 28.7 Å². The van der Waals surface area contributed by atoms with Crippen LogP contribution >= 0.6 is 28.7 Å². The van der Waals surface area contributed by atoms with E-state index < -0.39 is 0 Å². The van der Waals surface area contributed by atoms with Crippen molar-refractivity contribution in [2.75, 3.05) is 5.88 Å². The summed E-state index contributed by atoms with van der Waals surface area (Å²) in [5, 5.41) is 2.17. The summed E-state index contributed by atoms with van der Waals surface area (Å²) in [4.78, 5) is 2.38. The molecule has 19 heavy (non-hydrogen) atoms. The summed E-state index contributed by atoms with van der Waals surface area (Å²) < 4.78 is 0. The molecule has 0 saturated carbocycles. The number of halogens is 1. The molecule has 0 aromatic heterocycles. The molecule has 1 aliphatic heterocycles. The molecule has 2 aromatic rings. The highest BCUT2D eigenvalue weighted by Gasteiger charge is 2.21. The van der Waals surface area contributed by atoms with Crippen molar-refractivity contribution in [3.63, 3.8) is 0 Å². The van der Waals surface area contributed by atoms with Crippen LogP contribution in [0.25, 0.3) is 0 Å². The summed E-state index contributed by atoms with van der Waals surface area (Å²) in [6.07, 6.45) is 2.19. The predicted molar refractivity (Wildman–Crippen MR) is 88.5 cm³/mol. The first kappa shape index (κ1) is 14.2. The van der Waals surface area contributed by atoms with Gasteiger partial charge in [-0.25, -0.2) is 0 Å². The molecule has 0 radical (unpaired) electrons. The lowest BCUT2D eigenvalue weighted by Crippen LogP contribution is -2.21. The standard InChI is InChI=1S/C16H15NS.BrH/c1-3-7-14(8-4-1)16(17-11-12-18-13-17)15-9-5-2-6-10-15;/h1-12,16H,13H2;1H. The summed E-state index contributed by atoms with van der Waals surface area (Å²) in [6, 6.07) is 21.7. The van der Waals surface area contributed by atoms with Crippen LogP contribution in [0.4, 0.5) is 0 Å². The minimum Gasteiger partial charge on any atom is -0.356 e. The zero-order valence-corrected chi connectivity index (χ0v) is 13.0. The van der Waals surface area contributed by atoms with E-state index >= 15 is 0 Å². The first-order valence-corrected chi connectivity index (χ1v) is 7.14. The fourth-order valence-corrected chi connectivity index (χ4v) is 3.04. The summed E-state index contributed by atoms with van der Waals surface area (Å²) in [5.74, 6) is 1.02. The summed E-state index contributed by atoms with van der Waals surface area (Å²) in [7, 11) is 0. The van der Waals surface area contributed by atoms with Gasteiger partial charge in [0.05, 0.1) is 11.9 Å². The highest BCUT2D eigenvalue weighted by atomic mass is 79.9. The first-order chi connectivity index (χ1) is 8.95. The monoisotopic (exact) mass is 333 g/mol. The Morgan fingerprint density at radius 3 is 1.79 bits per heavy atom. The van der Waals surface area contributed by atoms with E-state index in [2.05, 4.69) is 77.2 Å². The predicted octanol–water partition coefficient (Wildman–Crippen LogP) is 4.83. The van der Waals surface area contributed by atoms with E-state index in [1.54, 1.807) is 0 Å². The maximum Gasteiger partial charge on any atom is 0.0799 e. The molecule has 0 bridgehead atoms. The largest absolute Gasteiger partial charge is 0.356 e. The molecule has 98 valence electrons. The van der Waals surface area contributed by atoms with Gasteiger partial charge in [0, 0.05) is 6.20 Å². The molecule has 1 aliphatic rings. The van der Waals surface area contributed by atoms with Crippen molar-refractivity contribution in [2.24, 2.45) is 0 Å². The number of rotatable bonds is 3. The van der Waals surface area contributed by atoms with Crippen molar-refractivity contribution in [2.45, 2.75) is 6.04 Å². The molecule has 0 saturated heterocycles. The van der Waals surface area contributed by atoms with Gasteiger partial charge in [-0.3, -0.25) is 0 Å². The van der Waals surface area contributed by atoms with Crippen LogP contribution in [-0.4, -0.2) is 10.8 Å². The minimum atomic E-state index is 0. The van der Waals surface area contributed by atoms with Crippen LogP contribution in [0.1, 0.15) is 17.2 Å². The molecule has 0 atom stereocenters. The lowest BCUT2D eigenvalue weighted by Gasteiger charge is -2.28. The SMILES string of the molecule is Br.C1=CN(C(c2ccccc2)c2ccccc2)CS1. The third kappa shape index (κ3) is 3.23. The molecule has 1 heterocycles. The average Bonchev–Trinajstić information content (AvgIpc) is 2.95. The smallest absolute Gasteiger partial charge is 0.0799 e. The molecule has 0 unspecified atom stereocenters. The van der Waals surface area contributed by atoms with Gasteiger partial charge >= 0.3 is 0 Å². The molecule has 0 aliphatic carbocycles. The van der Waals surface area contributed by atoms with Gasteiger partial charge in [0.25, 0.3) is 0 Å². The lowest BCUT2D eigenvalue weighted by atomic mass is 9.98. The van der Waals surface area contributed by atoms with Crippen LogP contribution in [0.5, 0.6) is 0 Å². The van der Waals surface area contributed by atoms with Crippen LogP contribution in [-0.2, 0) is 0 Å². The van der Waals surface area contributed by atoms with Gasteiger partial charge in [-0.05, 0) is 16.5 Å². The van der Waals surface area contributed by atoms with Gasteiger partial charge < -0.3 is 4.90 Å². The van der Waals surface area contributed by atoms with E-state index in [9.17, 15) is 0 Å². The summed E-state index contributed by atoms with van der Waals surface area (Å²) >= 11 is 1.85. The highest BCUT2D eigenvalue weighted by Crippen LogP contribution is 2.33. The number of hydrogen-bond acceptors (Lipinski definition) is 2. The summed E-state index contributed by atoms with van der Waals surface area (Å²) in [5.41, 5.74) is 2.69. The maximum absolute atomic E-state index is 2.38. The van der Waals surface area contributed by atoms with Gasteiger partial charge in [0.2, 0.25) is 0 Å². The van der Waals surface area contributed by atoms with E-state index in [0.717, 1.165) is 5.88 Å². The van der Waals surface area contributed by atoms with Crippen molar-refractivity contribution < 1.29 is 0 Å². The van der Waals surface area contributed by atoms with Crippen LogP contribution in [0.15, 0.2) is 72.3 Å². The molecule has 0 fully saturated rings. The quantitative estimate of drug-likeness (QED) is 0.791. The third-order valence-electron chi connectivity index (χ3n) is 3.13. The third-order valence-corrected chi connectivity index (χ3v) is 3.90. The lowest BCUT2D eigenvalue weighted by molar-refractivity contribution is 0.376. The van der Waals surface area contributed by atoms with Gasteiger partial charge in [0.1, 0.15) is 0 Å². The Bertz CT molecular complexity index is 487. The van der Waals surface area contributed by atoms with Crippen molar-refractivity contribution in [3.8, 4) is 0 Å². The highest BCUT2D eigenvalue weighted by molar-refractivity contribution is 8.93. The van der Waals surface area contributed by atoms with Gasteiger partial charge in [-0.1, -0.05) is 60.7 Å². The van der Waals surface area contributed by atoms with Crippen molar-refractivity contribution in [1.29, 1.82) is 0 Å². The van der Waals surface area contributed by atoms with E-state index in [4.69, 9.17) is 0 Å². The van der Waals surface area contributed by atoms with Crippen LogP contribution in [0.3, 0.4) is 0 Å². The second-order valence-corrected chi connectivity index (χ2v) is 5.18. The van der Waals surface area contributed by atoms with Crippen LogP contribution < -0.4 is 0 Å². The topological polar surface area (TPSA) is 3.24 Å². The molecule has 0 amide bonds. The second kappa shape index (κ2) is 6.83. The van der Waals surface area contributed by atoms with E-state index in [0.29, 0.717) is 6.04 Å². The fourth-order valence-electron chi connectivity index (χ4n) is 2.30. The zero-order chi connectivity index (χ0) is 12.2. The number of benzene rings is 2. The number of hydrogen-bond donors (Lipinski definition) is 0. The maximum atomic E-state index is 2.38. The molecule has 3 heteroatoms. The van der Waals surface area contributed by atoms with Crippen molar-refractivity contribution in [1.82, 2.24) is 4.90 Å². The van der Waals surface area contributed by atoms with Gasteiger partial charge in [0.15, 0.2) is 0 Å². The van der Waals surface area contributed by atoms with Gasteiger partial charge in [-0.2, -0.15) is 0 Å². The fraction of sp³-hybridized carbons (Fsp3) is 0.125. The van der Waals surface area contributed by atoms with E-state index in [-0.39, 0.29) is 17.0 Å². The van der Waals surface area contributed by atoms with Crippen LogP contribution in [0, 0.1) is 0 Å². The molecule has 1 nitrogen and oxygen atoms in total. The first-order valence-electron chi connectivity index (χ1n) is 6.09. The van der Waals surface area contributed by atoms with Crippen molar-refractivity contribution in [3.05, 3.63) is 83.4 Å². The zero-order valence-electron chi connectivity index (χ0n) is 10.5. The molecular formula is C16H16BrNS. The number of thioether (sulfide) groups is 1. The molecule has 0 spiro atoms. The molecule has 2 aromatic carbocycles. The molecule has 3 rings (SSSR count). The molecular weight excluding hydrogens is 318 g/mol. The van der Waals surface area contributed by atoms with Gasteiger partial charge in [-0.15, -0.1) is 28.7 Å². The Labute approximate surface area is 129 Å². The Kier molecular flexibility index (Phi) is 5.11. The normalized spacial score (nSPS) is 13.6. The van der Waals surface area contributed by atoms with E-state index in [1.165, 1.54) is 11.1 Å². The Morgan fingerprint density at radius 2 is 1.37 bits per heavy atom. The van der Waals surface area contributed by atoms with E-state index in [1.807, 2.05) is 11.8 Å². The Morgan fingerprint density at radius 1 is 0.842 bits per heavy atom. The average molecular weight is 334 g/mol. The Hall–Kier alpha value is -1.19. The molecule has 0 N–H and O–H groups in total. The summed E-state index contributed by atoms with van der Waals surface area (Å²) in [6.45, 7) is 0. The second-order valence-electron chi connectivity index (χ2n) is 4.32. The minimum absolute atomic E-state index is 0. The number of nitrogens with zero attached hydrogens (tertiary/aromatic N) is 1. The van der Waals surface area contributed by atoms with Crippen LogP contribution in [0.2, 0.25) is 0 Å².